The molecule has 0 amide bonds. The number of nitrogens with two attached hydrogens (primary N) is 1. The van der Waals surface area contributed by atoms with Gasteiger partial charge in [-0.05, 0) is 19.1 Å². The predicted octanol–water partition coefficient (Wildman–Crippen LogP) is 1.65. The zero-order valence-electron chi connectivity index (χ0n) is 7.22. The Kier molecular flexibility index (Phi) is 3.00. The Balaban J connectivity index is 2.70. The van der Waals surface area contributed by atoms with Crippen molar-refractivity contribution >= 4 is 11.5 Å². The largest absolute Gasteiger partial charge is 0.396 e. The fraction of sp³-hybridized carbons (Fsp3) is 0.375. The number of pyridine rings is 1. The Morgan fingerprint density at radius 2 is 2.23 bits per heavy atom. The highest BCUT2D eigenvalue weighted by Crippen LogP contribution is 2.15. The molecular formula is C8H11F2N3. The van der Waals surface area contributed by atoms with Gasteiger partial charge < -0.3 is 11.1 Å². The van der Waals surface area contributed by atoms with Crippen LogP contribution >= 0.6 is 0 Å². The van der Waals surface area contributed by atoms with Crippen LogP contribution in [0.5, 0.6) is 0 Å². The van der Waals surface area contributed by atoms with E-state index in [1.807, 2.05) is 0 Å². The summed E-state index contributed by atoms with van der Waals surface area (Å²) in [6.45, 7) is 1.34. The lowest BCUT2D eigenvalue weighted by atomic mass is 10.3. The van der Waals surface area contributed by atoms with Crippen molar-refractivity contribution in [2.24, 2.45) is 0 Å². The number of rotatable bonds is 3. The third-order valence-corrected chi connectivity index (χ3v) is 1.49. The second-order valence-electron chi connectivity index (χ2n) is 2.66. The molecule has 0 saturated heterocycles. The van der Waals surface area contributed by atoms with Crippen LogP contribution in [0.25, 0.3) is 0 Å². The molecule has 0 unspecified atom stereocenters. The van der Waals surface area contributed by atoms with Gasteiger partial charge in [-0.15, -0.1) is 0 Å². The Bertz CT molecular complexity index is 289. The molecule has 0 aliphatic heterocycles. The minimum atomic E-state index is -2.40. The third-order valence-electron chi connectivity index (χ3n) is 1.49. The van der Waals surface area contributed by atoms with E-state index in [0.717, 1.165) is 5.69 Å². The van der Waals surface area contributed by atoms with E-state index < -0.39 is 13.0 Å². The first-order valence-electron chi connectivity index (χ1n) is 3.84. The first kappa shape index (κ1) is 9.70. The summed E-state index contributed by atoms with van der Waals surface area (Å²) >= 11 is 0. The van der Waals surface area contributed by atoms with Crippen LogP contribution in [-0.2, 0) is 0 Å². The Labute approximate surface area is 75.0 Å². The van der Waals surface area contributed by atoms with Crippen LogP contribution in [0.4, 0.5) is 20.3 Å². The molecule has 1 rings (SSSR count). The molecule has 0 aromatic carbocycles. The standard InChI is InChI=1S/C8H11F2N3/c1-5-2-3-6(11)8(13-5)12-4-7(9)10/h2-3,7H,4,11H2,1H3,(H,12,13). The zero-order chi connectivity index (χ0) is 9.84. The van der Waals surface area contributed by atoms with Crippen molar-refractivity contribution in [3.05, 3.63) is 17.8 Å². The van der Waals surface area contributed by atoms with Crippen LogP contribution in [0.15, 0.2) is 12.1 Å². The molecule has 5 heteroatoms. The molecule has 3 nitrogen and oxygen atoms in total. The van der Waals surface area contributed by atoms with Gasteiger partial charge in [-0.2, -0.15) is 0 Å². The van der Waals surface area contributed by atoms with Crippen molar-refractivity contribution in [1.29, 1.82) is 0 Å². The number of alkyl halides is 2. The van der Waals surface area contributed by atoms with Gasteiger partial charge in [-0.25, -0.2) is 13.8 Å². The van der Waals surface area contributed by atoms with Crippen LogP contribution in [0.1, 0.15) is 5.69 Å². The average Bonchev–Trinajstić information content (AvgIpc) is 2.06. The van der Waals surface area contributed by atoms with Gasteiger partial charge in [-0.3, -0.25) is 0 Å². The molecule has 0 fully saturated rings. The van der Waals surface area contributed by atoms with E-state index in [1.54, 1.807) is 19.1 Å². The number of nitrogens with one attached hydrogen (secondary N) is 1. The van der Waals surface area contributed by atoms with Gasteiger partial charge in [0.25, 0.3) is 6.43 Å². The summed E-state index contributed by atoms with van der Waals surface area (Å²) < 4.78 is 23.6. The van der Waals surface area contributed by atoms with Crippen molar-refractivity contribution in [3.63, 3.8) is 0 Å². The summed E-state index contributed by atoms with van der Waals surface area (Å²) in [6, 6.07) is 3.36. The number of hydrogen-bond donors (Lipinski definition) is 2. The van der Waals surface area contributed by atoms with Gasteiger partial charge >= 0.3 is 0 Å². The van der Waals surface area contributed by atoms with Crippen LogP contribution in [-0.4, -0.2) is 18.0 Å². The topological polar surface area (TPSA) is 50.9 Å². The van der Waals surface area contributed by atoms with Crippen molar-refractivity contribution in [3.8, 4) is 0 Å². The molecule has 13 heavy (non-hydrogen) atoms. The Morgan fingerprint density at radius 3 is 2.85 bits per heavy atom. The predicted molar refractivity (Wildman–Crippen MR) is 47.9 cm³/mol. The van der Waals surface area contributed by atoms with E-state index in [-0.39, 0.29) is 0 Å². The highest BCUT2D eigenvalue weighted by molar-refractivity contribution is 5.61. The van der Waals surface area contributed by atoms with Crippen molar-refractivity contribution in [1.82, 2.24) is 4.98 Å². The van der Waals surface area contributed by atoms with Crippen LogP contribution in [0.3, 0.4) is 0 Å². The van der Waals surface area contributed by atoms with Crippen molar-refractivity contribution in [2.45, 2.75) is 13.3 Å². The zero-order valence-corrected chi connectivity index (χ0v) is 7.22. The minimum absolute atomic E-state index is 0.320. The number of anilines is 2. The molecule has 0 saturated carbocycles. The molecule has 0 aliphatic carbocycles. The van der Waals surface area contributed by atoms with Gasteiger partial charge in [0, 0.05) is 5.69 Å². The summed E-state index contributed by atoms with van der Waals surface area (Å²) in [5.74, 6) is 0.320. The van der Waals surface area contributed by atoms with Gasteiger partial charge in [0.05, 0.1) is 12.2 Å². The van der Waals surface area contributed by atoms with Crippen LogP contribution in [0, 0.1) is 6.92 Å². The van der Waals surface area contributed by atoms with E-state index in [4.69, 9.17) is 5.73 Å². The smallest absolute Gasteiger partial charge is 0.255 e. The average molecular weight is 187 g/mol. The van der Waals surface area contributed by atoms with Gasteiger partial charge in [-0.1, -0.05) is 0 Å². The molecule has 0 bridgehead atoms. The Morgan fingerprint density at radius 1 is 1.54 bits per heavy atom. The summed E-state index contributed by atoms with van der Waals surface area (Å²) in [5, 5.41) is 2.47. The third kappa shape index (κ3) is 2.85. The molecular weight excluding hydrogens is 176 g/mol. The molecule has 1 heterocycles. The number of hydrogen-bond acceptors (Lipinski definition) is 3. The van der Waals surface area contributed by atoms with Crippen molar-refractivity contribution < 1.29 is 8.78 Å². The lowest BCUT2D eigenvalue weighted by Gasteiger charge is -2.07. The van der Waals surface area contributed by atoms with E-state index in [1.165, 1.54) is 0 Å². The molecule has 0 aliphatic rings. The first-order valence-corrected chi connectivity index (χ1v) is 3.84. The summed E-state index contributed by atoms with van der Waals surface area (Å²) in [6.07, 6.45) is -2.40. The Hall–Kier alpha value is -1.39. The maximum absolute atomic E-state index is 11.8. The lowest BCUT2D eigenvalue weighted by Crippen LogP contribution is -2.13. The minimum Gasteiger partial charge on any atom is -0.396 e. The fourth-order valence-electron chi connectivity index (χ4n) is 0.883. The van der Waals surface area contributed by atoms with Gasteiger partial charge in [0.1, 0.15) is 5.82 Å². The summed E-state index contributed by atoms with van der Waals surface area (Å²) in [4.78, 5) is 3.98. The molecule has 0 atom stereocenters. The summed E-state index contributed by atoms with van der Waals surface area (Å²) in [7, 11) is 0. The maximum Gasteiger partial charge on any atom is 0.255 e. The number of aromatic nitrogens is 1. The van der Waals surface area contributed by atoms with E-state index in [9.17, 15) is 8.78 Å². The number of nitrogen functional groups attached to an aromatic ring is 1. The molecule has 0 spiro atoms. The first-order chi connectivity index (χ1) is 6.09. The second kappa shape index (κ2) is 4.02. The molecule has 0 radical (unpaired) electrons. The maximum atomic E-state index is 11.8. The molecule has 72 valence electrons. The normalized spacial score (nSPS) is 10.5. The lowest BCUT2D eigenvalue weighted by molar-refractivity contribution is 0.163. The SMILES string of the molecule is Cc1ccc(N)c(NCC(F)F)n1. The van der Waals surface area contributed by atoms with Gasteiger partial charge in [0.15, 0.2) is 0 Å². The fourth-order valence-corrected chi connectivity index (χ4v) is 0.883. The highest BCUT2D eigenvalue weighted by atomic mass is 19.3. The number of aryl methyl sites for hydroxylation is 1. The molecule has 3 N–H and O–H groups in total. The number of halogens is 2. The molecule has 1 aromatic heterocycles. The number of nitrogens with zero attached hydrogens (tertiary/aromatic N) is 1. The quantitative estimate of drug-likeness (QED) is 0.756. The van der Waals surface area contributed by atoms with Crippen LogP contribution < -0.4 is 11.1 Å². The van der Waals surface area contributed by atoms with Gasteiger partial charge in [0.2, 0.25) is 0 Å². The monoisotopic (exact) mass is 187 g/mol. The van der Waals surface area contributed by atoms with E-state index >= 15 is 0 Å². The van der Waals surface area contributed by atoms with E-state index in [0.29, 0.717) is 11.5 Å². The van der Waals surface area contributed by atoms with Crippen LogP contribution in [0.2, 0.25) is 0 Å². The molecule has 1 aromatic rings. The van der Waals surface area contributed by atoms with Crippen molar-refractivity contribution in [2.75, 3.05) is 17.6 Å². The second-order valence-corrected chi connectivity index (χ2v) is 2.66. The van der Waals surface area contributed by atoms with E-state index in [2.05, 4.69) is 10.3 Å². The highest BCUT2D eigenvalue weighted by Gasteiger charge is 2.04. The summed E-state index contributed by atoms with van der Waals surface area (Å²) in [5.41, 5.74) is 6.63.